The summed E-state index contributed by atoms with van der Waals surface area (Å²) >= 11 is 0. The minimum atomic E-state index is -4.41. The van der Waals surface area contributed by atoms with Crippen LogP contribution in [0.1, 0.15) is 26.7 Å². The molecule has 0 amide bonds. The Morgan fingerprint density at radius 2 is 1.89 bits per heavy atom. The Labute approximate surface area is 213 Å². The predicted molar refractivity (Wildman–Crippen MR) is 133 cm³/mol. The molecule has 2 aliphatic heterocycles. The number of pyridine rings is 1. The van der Waals surface area contributed by atoms with Gasteiger partial charge in [0.15, 0.2) is 0 Å². The van der Waals surface area contributed by atoms with E-state index >= 15 is 0 Å². The number of primary sulfonamides is 1. The lowest BCUT2D eigenvalue weighted by Gasteiger charge is -2.32. The Morgan fingerprint density at radius 3 is 2.57 bits per heavy atom. The molecule has 2 aromatic carbocycles. The quantitative estimate of drug-likeness (QED) is 0.496. The van der Waals surface area contributed by atoms with Gasteiger partial charge in [0.2, 0.25) is 15.9 Å². The van der Waals surface area contributed by atoms with Gasteiger partial charge < -0.3 is 14.5 Å². The number of halogens is 2. The molecular formula is C25H27F2N5O4S. The molecule has 1 fully saturated rings. The van der Waals surface area contributed by atoms with Crippen molar-refractivity contribution in [1.82, 2.24) is 20.5 Å². The van der Waals surface area contributed by atoms with Crippen molar-refractivity contribution >= 4 is 20.9 Å². The molecule has 0 aliphatic carbocycles. The van der Waals surface area contributed by atoms with Crippen LogP contribution in [-0.2, 0) is 14.9 Å². The van der Waals surface area contributed by atoms with Gasteiger partial charge in [-0.15, -0.1) is 0 Å². The first-order valence-corrected chi connectivity index (χ1v) is 13.4. The number of hydrogen-bond acceptors (Lipinski definition) is 8. The van der Waals surface area contributed by atoms with Gasteiger partial charge >= 0.3 is 0 Å². The molecule has 9 nitrogen and oxygen atoms in total. The van der Waals surface area contributed by atoms with E-state index in [0.29, 0.717) is 28.3 Å². The van der Waals surface area contributed by atoms with Crippen LogP contribution in [0, 0.1) is 11.6 Å². The van der Waals surface area contributed by atoms with E-state index in [-0.39, 0.29) is 17.7 Å². The van der Waals surface area contributed by atoms with E-state index in [1.165, 1.54) is 0 Å². The van der Waals surface area contributed by atoms with Gasteiger partial charge in [-0.25, -0.2) is 22.3 Å². The molecule has 0 atom stereocenters. The molecule has 3 heterocycles. The van der Waals surface area contributed by atoms with Gasteiger partial charge in [0, 0.05) is 54.7 Å². The van der Waals surface area contributed by atoms with E-state index in [2.05, 4.69) is 29.3 Å². The van der Waals surface area contributed by atoms with E-state index in [4.69, 9.17) is 14.7 Å². The third kappa shape index (κ3) is 5.04. The largest absolute Gasteiger partial charge is 0.490 e. The van der Waals surface area contributed by atoms with Crippen molar-refractivity contribution < 1.29 is 26.8 Å². The Kier molecular flexibility index (Phi) is 6.65. The highest BCUT2D eigenvalue weighted by atomic mass is 32.2. The maximum Gasteiger partial charge on any atom is 0.241 e. The monoisotopic (exact) mass is 531 g/mol. The number of aromatic nitrogens is 1. The van der Waals surface area contributed by atoms with Gasteiger partial charge in [-0.1, -0.05) is 17.7 Å². The van der Waals surface area contributed by atoms with Crippen LogP contribution in [0.25, 0.3) is 22.0 Å². The summed E-state index contributed by atoms with van der Waals surface area (Å²) in [5, 5.41) is 7.53. The molecule has 3 aromatic rings. The zero-order chi connectivity index (χ0) is 26.3. The van der Waals surface area contributed by atoms with Crippen LogP contribution < -0.4 is 15.5 Å². The number of likely N-dealkylation sites (tertiary alicyclic amines) is 1. The number of nitrogens with two attached hydrogens (primary N) is 1. The van der Waals surface area contributed by atoms with Crippen LogP contribution in [-0.4, -0.2) is 48.5 Å². The number of rotatable bonds is 6. The van der Waals surface area contributed by atoms with Gasteiger partial charge in [0.25, 0.3) is 0 Å². The highest BCUT2D eigenvalue weighted by Gasteiger charge is 2.27. The molecule has 3 N–H and O–H groups in total. The first-order valence-electron chi connectivity index (χ1n) is 11.9. The molecule has 5 rings (SSSR count). The van der Waals surface area contributed by atoms with Gasteiger partial charge in [-0.05, 0) is 38.1 Å². The van der Waals surface area contributed by atoms with Crippen molar-refractivity contribution in [2.75, 3.05) is 13.1 Å². The second-order valence-electron chi connectivity index (χ2n) is 9.28. The number of fused-ring (bicyclic) bond motifs is 1. The summed E-state index contributed by atoms with van der Waals surface area (Å²) in [4.78, 5) is 11.2. The Hall–Kier alpha value is -3.48. The van der Waals surface area contributed by atoms with Gasteiger partial charge in [0.1, 0.15) is 28.4 Å². The second kappa shape index (κ2) is 9.77. The van der Waals surface area contributed by atoms with E-state index in [1.807, 2.05) is 11.2 Å². The fourth-order valence-electron chi connectivity index (χ4n) is 4.47. The summed E-state index contributed by atoms with van der Waals surface area (Å²) in [6.45, 7) is 5.62. The van der Waals surface area contributed by atoms with Crippen molar-refractivity contribution in [3.63, 3.8) is 0 Å². The van der Waals surface area contributed by atoms with Crippen molar-refractivity contribution in [3.05, 3.63) is 66.3 Å². The SMILES string of the molecule is CC(C)N1C=C(N2CCC(Oc3ccnc4c(-c5cc(F)c(S(N)(=O)=O)cc5F)cccc34)CC2)ON1. The van der Waals surface area contributed by atoms with Gasteiger partial charge in [-0.2, -0.15) is 0 Å². The third-order valence-electron chi connectivity index (χ3n) is 6.46. The summed E-state index contributed by atoms with van der Waals surface area (Å²) in [5.41, 5.74) is 3.48. The van der Waals surface area contributed by atoms with E-state index in [1.54, 1.807) is 30.5 Å². The third-order valence-corrected chi connectivity index (χ3v) is 7.38. The smallest absolute Gasteiger partial charge is 0.241 e. The highest BCUT2D eigenvalue weighted by Crippen LogP contribution is 2.36. The standard InChI is InChI=1S/C25H27F2N5O4S/c1-15(2)32-14-24(36-30-32)31-10-7-16(8-11-31)35-22-6-9-29-25-17(4-3-5-18(22)25)19-12-21(27)23(13-20(19)26)37(28,33)34/h3-6,9,12-16,30H,7-8,10-11H2,1-2H3,(H2,28,33,34). The Morgan fingerprint density at radius 1 is 1.14 bits per heavy atom. The maximum atomic E-state index is 14.9. The van der Waals surface area contributed by atoms with Crippen molar-refractivity contribution in [3.8, 4) is 16.9 Å². The normalized spacial score (nSPS) is 16.9. The minimum Gasteiger partial charge on any atom is -0.490 e. The van der Waals surface area contributed by atoms with Crippen LogP contribution in [0.3, 0.4) is 0 Å². The summed E-state index contributed by atoms with van der Waals surface area (Å²) < 4.78 is 58.9. The molecule has 196 valence electrons. The fourth-order valence-corrected chi connectivity index (χ4v) is 5.07. The van der Waals surface area contributed by atoms with E-state index in [0.717, 1.165) is 37.9 Å². The minimum absolute atomic E-state index is 0.0510. The molecule has 1 saturated heterocycles. The Bertz CT molecular complexity index is 1470. The van der Waals surface area contributed by atoms with Gasteiger partial charge in [0.05, 0.1) is 11.7 Å². The molecule has 37 heavy (non-hydrogen) atoms. The lowest BCUT2D eigenvalue weighted by Crippen LogP contribution is -2.38. The lowest BCUT2D eigenvalue weighted by molar-refractivity contribution is -0.0286. The number of piperidine rings is 1. The van der Waals surface area contributed by atoms with Crippen molar-refractivity contribution in [1.29, 1.82) is 0 Å². The average molecular weight is 532 g/mol. The summed E-state index contributed by atoms with van der Waals surface area (Å²) in [6, 6.07) is 8.50. The average Bonchev–Trinajstić information content (AvgIpc) is 3.36. The number of benzene rings is 2. The van der Waals surface area contributed by atoms with Crippen LogP contribution in [0.15, 0.2) is 59.6 Å². The number of para-hydroxylation sites is 1. The molecular weight excluding hydrogens is 504 g/mol. The molecule has 0 saturated carbocycles. The number of nitrogens with one attached hydrogen (secondary N) is 1. The molecule has 2 aliphatic rings. The zero-order valence-corrected chi connectivity index (χ0v) is 21.1. The first-order chi connectivity index (χ1) is 17.6. The fraction of sp³-hybridized carbons (Fsp3) is 0.320. The van der Waals surface area contributed by atoms with E-state index in [9.17, 15) is 17.2 Å². The zero-order valence-electron chi connectivity index (χ0n) is 20.3. The Balaban J connectivity index is 1.37. The first kappa shape index (κ1) is 25.2. The predicted octanol–water partition coefficient (Wildman–Crippen LogP) is 3.63. The van der Waals surface area contributed by atoms with Crippen molar-refractivity contribution in [2.45, 2.75) is 43.7 Å². The molecule has 12 heteroatoms. The number of hydrazine groups is 1. The number of ether oxygens (including phenoxy) is 1. The maximum absolute atomic E-state index is 14.9. The van der Waals surface area contributed by atoms with E-state index < -0.39 is 26.6 Å². The summed E-state index contributed by atoms with van der Waals surface area (Å²) in [6.07, 6.45) is 4.97. The van der Waals surface area contributed by atoms with Crippen LogP contribution >= 0.6 is 0 Å². The molecule has 0 unspecified atom stereocenters. The second-order valence-corrected chi connectivity index (χ2v) is 10.8. The van der Waals surface area contributed by atoms with Crippen LogP contribution in [0.5, 0.6) is 5.75 Å². The highest BCUT2D eigenvalue weighted by molar-refractivity contribution is 7.89. The molecule has 1 aromatic heterocycles. The number of sulfonamides is 1. The lowest BCUT2D eigenvalue weighted by atomic mass is 10.0. The molecule has 0 spiro atoms. The molecule has 0 radical (unpaired) electrons. The van der Waals surface area contributed by atoms with Crippen LogP contribution in [0.4, 0.5) is 8.78 Å². The van der Waals surface area contributed by atoms with Crippen LogP contribution in [0.2, 0.25) is 0 Å². The van der Waals surface area contributed by atoms with Crippen molar-refractivity contribution in [2.24, 2.45) is 5.14 Å². The number of nitrogens with zero attached hydrogens (tertiary/aromatic N) is 3. The molecule has 0 bridgehead atoms. The topological polar surface area (TPSA) is 110 Å². The van der Waals surface area contributed by atoms with Gasteiger partial charge in [-0.3, -0.25) is 9.99 Å². The summed E-state index contributed by atoms with van der Waals surface area (Å²) in [7, 11) is -4.41. The number of hydrogen-bond donors (Lipinski definition) is 2. The summed E-state index contributed by atoms with van der Waals surface area (Å²) in [5.74, 6) is -0.708.